The Morgan fingerprint density at radius 1 is 1.24 bits per heavy atom. The van der Waals surface area contributed by atoms with Gasteiger partial charge in [0.2, 0.25) is 5.82 Å². The lowest BCUT2D eigenvalue weighted by Crippen LogP contribution is -2.04. The molecule has 0 radical (unpaired) electrons. The number of nitrogens with zero attached hydrogens (tertiary/aromatic N) is 6. The predicted octanol–water partition coefficient (Wildman–Crippen LogP) is 0.846. The van der Waals surface area contributed by atoms with Gasteiger partial charge in [-0.15, -0.1) is 0 Å². The second-order valence-electron chi connectivity index (χ2n) is 4.62. The van der Waals surface area contributed by atoms with Crippen molar-refractivity contribution in [3.05, 3.63) is 43.0 Å². The highest BCUT2D eigenvalue weighted by atomic mass is 16.3. The molecule has 0 saturated carbocycles. The lowest BCUT2D eigenvalue weighted by molar-refractivity contribution is -0.122. The van der Waals surface area contributed by atoms with Crippen molar-refractivity contribution in [2.24, 2.45) is 0 Å². The molecule has 4 aromatic heterocycles. The van der Waals surface area contributed by atoms with Gasteiger partial charge in [0, 0.05) is 18.6 Å². The van der Waals surface area contributed by atoms with Crippen LogP contribution in [-0.2, 0) is 11.3 Å². The molecule has 0 unspecified atom stereocenters. The molecule has 0 atom stereocenters. The van der Waals surface area contributed by atoms with E-state index in [4.69, 9.17) is 9.90 Å². The second kappa shape index (κ2) is 7.59. The van der Waals surface area contributed by atoms with Crippen LogP contribution in [0.5, 0.6) is 0 Å². The quantitative estimate of drug-likeness (QED) is 0.395. The maximum Gasteiger partial charge on any atom is 0.290 e. The number of rotatable bonds is 4. The van der Waals surface area contributed by atoms with Gasteiger partial charge in [0.1, 0.15) is 23.4 Å². The molecule has 4 heterocycles. The van der Waals surface area contributed by atoms with Crippen LogP contribution in [0.1, 0.15) is 5.82 Å². The van der Waals surface area contributed by atoms with E-state index in [9.17, 15) is 0 Å². The van der Waals surface area contributed by atoms with Gasteiger partial charge >= 0.3 is 0 Å². The SMILES string of the molecule is O=CO.c1cnc(-c2n[nH]c(CNc3ncnc4cc[nH]c34)n2)cn1. The van der Waals surface area contributed by atoms with Crippen molar-refractivity contribution in [3.8, 4) is 11.5 Å². The summed E-state index contributed by atoms with van der Waals surface area (Å²) in [6.45, 7) is 0.207. The van der Waals surface area contributed by atoms with Crippen molar-refractivity contribution in [2.75, 3.05) is 5.32 Å². The van der Waals surface area contributed by atoms with Gasteiger partial charge in [0.05, 0.1) is 18.3 Å². The summed E-state index contributed by atoms with van der Waals surface area (Å²) in [5.74, 6) is 1.91. The molecule has 4 N–H and O–H groups in total. The number of nitrogens with one attached hydrogen (secondary N) is 3. The zero-order valence-corrected chi connectivity index (χ0v) is 12.8. The highest BCUT2D eigenvalue weighted by Crippen LogP contribution is 2.17. The van der Waals surface area contributed by atoms with Crippen LogP contribution in [0.15, 0.2) is 37.2 Å². The third kappa shape index (κ3) is 3.72. The molecule has 11 nitrogen and oxygen atoms in total. The number of aromatic amines is 2. The number of aromatic nitrogens is 8. The van der Waals surface area contributed by atoms with E-state index < -0.39 is 0 Å². The number of anilines is 1. The molecule has 0 bridgehead atoms. The summed E-state index contributed by atoms with van der Waals surface area (Å²) in [5, 5.41) is 17.1. The smallest absolute Gasteiger partial charge is 0.290 e. The molecule has 0 aliphatic heterocycles. The Balaban J connectivity index is 0.000000569. The molecule has 4 aromatic rings. The average molecular weight is 339 g/mol. The molecule has 0 saturated heterocycles. The number of carbonyl (C=O) groups is 1. The maximum absolute atomic E-state index is 8.36. The molecule has 0 amide bonds. The van der Waals surface area contributed by atoms with Crippen molar-refractivity contribution in [2.45, 2.75) is 6.54 Å². The fourth-order valence-electron chi connectivity index (χ4n) is 2.08. The zero-order chi connectivity index (χ0) is 17.5. The summed E-state index contributed by atoms with van der Waals surface area (Å²) in [6.07, 6.45) is 8.17. The first-order chi connectivity index (χ1) is 12.3. The van der Waals surface area contributed by atoms with Crippen molar-refractivity contribution in [1.29, 1.82) is 0 Å². The van der Waals surface area contributed by atoms with Crippen molar-refractivity contribution < 1.29 is 9.90 Å². The summed E-state index contributed by atoms with van der Waals surface area (Å²) in [6, 6.07) is 1.89. The summed E-state index contributed by atoms with van der Waals surface area (Å²) >= 11 is 0. The molecule has 4 rings (SSSR count). The first-order valence-electron chi connectivity index (χ1n) is 7.09. The summed E-state index contributed by atoms with van der Waals surface area (Å²) in [5.41, 5.74) is 2.34. The second-order valence-corrected chi connectivity index (χ2v) is 4.62. The van der Waals surface area contributed by atoms with E-state index in [1.165, 1.54) is 6.33 Å². The van der Waals surface area contributed by atoms with E-state index in [0.29, 0.717) is 29.7 Å². The highest BCUT2D eigenvalue weighted by molar-refractivity contribution is 5.85. The molecule has 11 heteroatoms. The summed E-state index contributed by atoms with van der Waals surface area (Å²) < 4.78 is 0. The third-order valence-corrected chi connectivity index (χ3v) is 3.09. The van der Waals surface area contributed by atoms with E-state index in [1.54, 1.807) is 18.6 Å². The Morgan fingerprint density at radius 3 is 2.92 bits per heavy atom. The number of H-pyrrole nitrogens is 2. The van der Waals surface area contributed by atoms with Crippen LogP contribution in [0.25, 0.3) is 22.6 Å². The standard InChI is InChI=1S/C13H11N9.CH2O2/c1-2-16-11-8(1)18-7-19-13(11)17-6-10-20-12(22-21-10)9-5-14-3-4-15-9;2-1-3/h1-5,7,16H,6H2,(H,17,18,19)(H,20,21,22);1H,(H,2,3). The minimum Gasteiger partial charge on any atom is -0.483 e. The molecular weight excluding hydrogens is 326 g/mol. The summed E-state index contributed by atoms with van der Waals surface area (Å²) in [7, 11) is 0. The van der Waals surface area contributed by atoms with Crippen LogP contribution in [0.3, 0.4) is 0 Å². The van der Waals surface area contributed by atoms with Gasteiger partial charge in [-0.05, 0) is 6.07 Å². The molecular formula is C14H13N9O2. The number of hydrogen-bond donors (Lipinski definition) is 4. The Kier molecular flexibility index (Phi) is 4.85. The normalized spacial score (nSPS) is 10.1. The third-order valence-electron chi connectivity index (χ3n) is 3.09. The van der Waals surface area contributed by atoms with Gasteiger partial charge < -0.3 is 15.4 Å². The van der Waals surface area contributed by atoms with Crippen LogP contribution in [0.4, 0.5) is 5.82 Å². The fraction of sp³-hybridized carbons (Fsp3) is 0.0714. The topological polar surface area (TPSA) is 158 Å². The van der Waals surface area contributed by atoms with E-state index in [0.717, 1.165) is 11.0 Å². The fourth-order valence-corrected chi connectivity index (χ4v) is 2.08. The largest absolute Gasteiger partial charge is 0.483 e. The van der Waals surface area contributed by atoms with Crippen LogP contribution in [0, 0.1) is 0 Å². The Labute approximate surface area is 140 Å². The molecule has 0 aromatic carbocycles. The molecule has 0 spiro atoms. The van der Waals surface area contributed by atoms with Gasteiger partial charge in [0.15, 0.2) is 5.82 Å². The van der Waals surface area contributed by atoms with E-state index >= 15 is 0 Å². The molecule has 25 heavy (non-hydrogen) atoms. The molecule has 126 valence electrons. The maximum atomic E-state index is 8.36. The Hall–Kier alpha value is -3.89. The van der Waals surface area contributed by atoms with Crippen LogP contribution < -0.4 is 5.32 Å². The lowest BCUT2D eigenvalue weighted by atomic mass is 10.4. The monoisotopic (exact) mass is 339 g/mol. The van der Waals surface area contributed by atoms with Crippen LogP contribution in [0.2, 0.25) is 0 Å². The van der Waals surface area contributed by atoms with Gasteiger partial charge in [-0.3, -0.25) is 14.9 Å². The number of carboxylic acid groups (broad SMARTS) is 1. The van der Waals surface area contributed by atoms with E-state index in [2.05, 4.69) is 45.4 Å². The first-order valence-corrected chi connectivity index (χ1v) is 7.09. The molecule has 0 fully saturated rings. The highest BCUT2D eigenvalue weighted by Gasteiger charge is 2.08. The van der Waals surface area contributed by atoms with Crippen molar-refractivity contribution in [3.63, 3.8) is 0 Å². The van der Waals surface area contributed by atoms with Gasteiger partial charge in [-0.2, -0.15) is 5.10 Å². The van der Waals surface area contributed by atoms with Crippen molar-refractivity contribution in [1.82, 2.24) is 40.1 Å². The van der Waals surface area contributed by atoms with Crippen LogP contribution in [-0.4, -0.2) is 51.7 Å². The molecule has 0 aliphatic carbocycles. The van der Waals surface area contributed by atoms with Crippen molar-refractivity contribution >= 4 is 23.3 Å². The van der Waals surface area contributed by atoms with Gasteiger partial charge in [0.25, 0.3) is 6.47 Å². The van der Waals surface area contributed by atoms with Crippen LogP contribution >= 0.6 is 0 Å². The van der Waals surface area contributed by atoms with E-state index in [1.807, 2.05) is 12.3 Å². The van der Waals surface area contributed by atoms with Gasteiger partial charge in [-0.1, -0.05) is 0 Å². The first kappa shape index (κ1) is 16.0. The molecule has 0 aliphatic rings. The Bertz CT molecular complexity index is 951. The predicted molar refractivity (Wildman–Crippen MR) is 87.3 cm³/mol. The zero-order valence-electron chi connectivity index (χ0n) is 12.8. The summed E-state index contributed by atoms with van der Waals surface area (Å²) in [4.78, 5) is 32.4. The minimum absolute atomic E-state index is 0.250. The lowest BCUT2D eigenvalue weighted by Gasteiger charge is -2.03. The number of fused-ring (bicyclic) bond motifs is 1. The minimum atomic E-state index is -0.250. The van der Waals surface area contributed by atoms with Gasteiger partial charge in [-0.25, -0.2) is 19.9 Å². The average Bonchev–Trinajstić information content (AvgIpc) is 3.31. The van der Waals surface area contributed by atoms with E-state index in [-0.39, 0.29) is 6.47 Å². The Morgan fingerprint density at radius 2 is 2.12 bits per heavy atom. The number of hydrogen-bond acceptors (Lipinski definition) is 8.